The van der Waals surface area contributed by atoms with Gasteiger partial charge in [-0.2, -0.15) is 12.6 Å². The van der Waals surface area contributed by atoms with Gasteiger partial charge in [-0.1, -0.05) is 42.5 Å². The molecule has 2 rings (SSSR count). The fourth-order valence-electron chi connectivity index (χ4n) is 2.11. The Kier molecular flexibility index (Phi) is 4.85. The molecule has 1 amide bonds. The highest BCUT2D eigenvalue weighted by atomic mass is 32.1. The van der Waals surface area contributed by atoms with Crippen molar-refractivity contribution in [2.24, 2.45) is 0 Å². The van der Waals surface area contributed by atoms with Crippen LogP contribution in [0.1, 0.15) is 11.1 Å². The number of carbonyl (C=O) groups excluding carboxylic acids is 1. The van der Waals surface area contributed by atoms with Crippen LogP contribution < -0.4 is 4.90 Å². The largest absolute Gasteiger partial charge is 0.315 e. The van der Waals surface area contributed by atoms with E-state index in [1.54, 1.807) is 11.9 Å². The van der Waals surface area contributed by atoms with E-state index >= 15 is 0 Å². The number of rotatable bonds is 4. The predicted molar refractivity (Wildman–Crippen MR) is 87.5 cm³/mol. The van der Waals surface area contributed by atoms with Crippen molar-refractivity contribution < 1.29 is 4.79 Å². The molecule has 0 saturated heterocycles. The summed E-state index contributed by atoms with van der Waals surface area (Å²) in [6.45, 7) is 2.02. The van der Waals surface area contributed by atoms with Crippen molar-refractivity contribution in [2.75, 3.05) is 11.9 Å². The van der Waals surface area contributed by atoms with E-state index < -0.39 is 0 Å². The summed E-state index contributed by atoms with van der Waals surface area (Å²) >= 11 is 4.46. The fraction of sp³-hybridized carbons (Fsp3) is 0.235. The zero-order valence-corrected chi connectivity index (χ0v) is 12.7. The number of aryl methyl sites for hydroxylation is 1. The second kappa shape index (κ2) is 6.62. The second-order valence-corrected chi connectivity index (χ2v) is 5.57. The van der Waals surface area contributed by atoms with E-state index in [4.69, 9.17) is 0 Å². The zero-order valence-electron chi connectivity index (χ0n) is 11.8. The highest BCUT2D eigenvalue weighted by Crippen LogP contribution is 2.18. The van der Waals surface area contributed by atoms with Gasteiger partial charge in [0.1, 0.15) is 0 Å². The molecule has 0 bridgehead atoms. The van der Waals surface area contributed by atoms with Crippen LogP contribution in [0.5, 0.6) is 0 Å². The highest BCUT2D eigenvalue weighted by Gasteiger charge is 2.19. The van der Waals surface area contributed by atoms with Gasteiger partial charge in [-0.05, 0) is 36.6 Å². The average molecular weight is 285 g/mol. The highest BCUT2D eigenvalue weighted by molar-refractivity contribution is 7.81. The molecule has 0 saturated carbocycles. The molecule has 0 N–H and O–H groups in total. The van der Waals surface area contributed by atoms with Crippen molar-refractivity contribution in [3.8, 4) is 0 Å². The van der Waals surface area contributed by atoms with Gasteiger partial charge in [-0.15, -0.1) is 0 Å². The molecule has 0 aromatic heterocycles. The number of carbonyl (C=O) groups is 1. The standard InChI is InChI=1S/C17H19NOS/c1-13-7-6-10-15(11-13)18(2)17(19)16(20)12-14-8-4-3-5-9-14/h3-11,16,20H,12H2,1-2H3. The maximum Gasteiger partial charge on any atom is 0.239 e. The smallest absolute Gasteiger partial charge is 0.239 e. The number of hydrogen-bond donors (Lipinski definition) is 1. The summed E-state index contributed by atoms with van der Waals surface area (Å²) in [5.74, 6) is 0.0165. The van der Waals surface area contributed by atoms with Crippen LogP contribution in [0.3, 0.4) is 0 Å². The Morgan fingerprint density at radius 1 is 1.15 bits per heavy atom. The van der Waals surface area contributed by atoms with Crippen LogP contribution in [0, 0.1) is 6.92 Å². The first-order valence-corrected chi connectivity index (χ1v) is 7.16. The third-order valence-electron chi connectivity index (χ3n) is 3.28. The summed E-state index contributed by atoms with van der Waals surface area (Å²) in [5, 5.41) is -0.331. The van der Waals surface area contributed by atoms with Crippen LogP contribution in [0.15, 0.2) is 54.6 Å². The summed E-state index contributed by atoms with van der Waals surface area (Å²) < 4.78 is 0. The first-order chi connectivity index (χ1) is 9.58. The number of thiol groups is 1. The molecule has 104 valence electrons. The topological polar surface area (TPSA) is 20.3 Å². The summed E-state index contributed by atoms with van der Waals surface area (Å²) in [7, 11) is 1.80. The van der Waals surface area contributed by atoms with E-state index in [1.165, 1.54) is 0 Å². The molecule has 0 spiro atoms. The minimum atomic E-state index is -0.331. The quantitative estimate of drug-likeness (QED) is 0.853. The van der Waals surface area contributed by atoms with Crippen molar-refractivity contribution in [1.29, 1.82) is 0 Å². The van der Waals surface area contributed by atoms with Gasteiger partial charge >= 0.3 is 0 Å². The molecule has 0 aliphatic rings. The summed E-state index contributed by atoms with van der Waals surface area (Å²) in [5.41, 5.74) is 3.17. The van der Waals surface area contributed by atoms with Crippen LogP contribution >= 0.6 is 12.6 Å². The first-order valence-electron chi connectivity index (χ1n) is 6.64. The molecule has 2 nitrogen and oxygen atoms in total. The molecule has 20 heavy (non-hydrogen) atoms. The van der Waals surface area contributed by atoms with Gasteiger partial charge in [0, 0.05) is 12.7 Å². The van der Waals surface area contributed by atoms with Crippen molar-refractivity contribution in [3.63, 3.8) is 0 Å². The SMILES string of the molecule is Cc1cccc(N(C)C(=O)C(S)Cc2ccccc2)c1. The van der Waals surface area contributed by atoms with Crippen LogP contribution in [-0.4, -0.2) is 18.2 Å². The van der Waals surface area contributed by atoms with Gasteiger partial charge in [0.15, 0.2) is 0 Å². The summed E-state index contributed by atoms with van der Waals surface area (Å²) in [6.07, 6.45) is 0.638. The van der Waals surface area contributed by atoms with Crippen LogP contribution in [0.2, 0.25) is 0 Å². The molecule has 2 aromatic rings. The molecular formula is C17H19NOS. The minimum Gasteiger partial charge on any atom is -0.315 e. The third-order valence-corrected chi connectivity index (χ3v) is 3.68. The maximum atomic E-state index is 12.4. The molecule has 1 atom stereocenters. The molecule has 0 heterocycles. The van der Waals surface area contributed by atoms with E-state index in [9.17, 15) is 4.79 Å². The number of anilines is 1. The van der Waals surface area contributed by atoms with Gasteiger partial charge in [0.25, 0.3) is 0 Å². The molecule has 1 unspecified atom stereocenters. The van der Waals surface area contributed by atoms with E-state index in [-0.39, 0.29) is 11.2 Å². The van der Waals surface area contributed by atoms with Crippen LogP contribution in [-0.2, 0) is 11.2 Å². The lowest BCUT2D eigenvalue weighted by molar-refractivity contribution is -0.117. The van der Waals surface area contributed by atoms with Gasteiger partial charge in [0.05, 0.1) is 5.25 Å². The maximum absolute atomic E-state index is 12.4. The monoisotopic (exact) mass is 285 g/mol. The summed E-state index contributed by atoms with van der Waals surface area (Å²) in [6, 6.07) is 17.9. The Hall–Kier alpha value is -1.74. The molecular weight excluding hydrogens is 266 g/mol. The molecule has 0 aliphatic heterocycles. The number of hydrogen-bond acceptors (Lipinski definition) is 2. The number of nitrogens with zero attached hydrogens (tertiary/aromatic N) is 1. The Morgan fingerprint density at radius 2 is 1.85 bits per heavy atom. The third kappa shape index (κ3) is 3.64. The molecule has 0 aliphatic carbocycles. The van der Waals surface area contributed by atoms with Crippen molar-refractivity contribution in [3.05, 3.63) is 65.7 Å². The lowest BCUT2D eigenvalue weighted by Gasteiger charge is -2.21. The summed E-state index contributed by atoms with van der Waals surface area (Å²) in [4.78, 5) is 14.1. The van der Waals surface area contributed by atoms with E-state index in [2.05, 4.69) is 12.6 Å². The molecule has 3 heteroatoms. The fourth-order valence-corrected chi connectivity index (χ4v) is 2.50. The second-order valence-electron chi connectivity index (χ2n) is 4.94. The zero-order chi connectivity index (χ0) is 14.5. The van der Waals surface area contributed by atoms with Crippen LogP contribution in [0.25, 0.3) is 0 Å². The van der Waals surface area contributed by atoms with Crippen molar-refractivity contribution >= 4 is 24.2 Å². The van der Waals surface area contributed by atoms with Crippen molar-refractivity contribution in [1.82, 2.24) is 0 Å². The van der Waals surface area contributed by atoms with Gasteiger partial charge in [-0.3, -0.25) is 4.79 Å². The van der Waals surface area contributed by atoms with Crippen molar-refractivity contribution in [2.45, 2.75) is 18.6 Å². The van der Waals surface area contributed by atoms with E-state index in [0.717, 1.165) is 16.8 Å². The predicted octanol–water partition coefficient (Wildman–Crippen LogP) is 3.50. The van der Waals surface area contributed by atoms with E-state index in [0.29, 0.717) is 6.42 Å². The van der Waals surface area contributed by atoms with Crippen LogP contribution in [0.4, 0.5) is 5.69 Å². The Labute approximate surface area is 125 Å². The van der Waals surface area contributed by atoms with Gasteiger partial charge in [-0.25, -0.2) is 0 Å². The first kappa shape index (κ1) is 14.7. The molecule has 0 radical (unpaired) electrons. The number of benzene rings is 2. The lowest BCUT2D eigenvalue weighted by Crippen LogP contribution is -2.34. The normalized spacial score (nSPS) is 11.9. The Bertz CT molecular complexity index is 583. The van der Waals surface area contributed by atoms with Gasteiger partial charge < -0.3 is 4.90 Å². The molecule has 0 fully saturated rings. The lowest BCUT2D eigenvalue weighted by atomic mass is 10.1. The minimum absolute atomic E-state index is 0.0165. The van der Waals surface area contributed by atoms with E-state index in [1.807, 2.05) is 61.5 Å². The Balaban J connectivity index is 2.06. The Morgan fingerprint density at radius 3 is 2.50 bits per heavy atom. The van der Waals surface area contributed by atoms with Gasteiger partial charge in [0.2, 0.25) is 5.91 Å². The molecule has 2 aromatic carbocycles. The average Bonchev–Trinajstić information content (AvgIpc) is 2.46. The number of amides is 1.